The SMILES string of the molecule is O=Cc1cc(NS(=O)(=O)c2ccc(N3CCCC3)cc2)cc(F)c1O. The number of benzene rings is 2. The molecule has 0 spiro atoms. The molecule has 25 heavy (non-hydrogen) atoms. The lowest BCUT2D eigenvalue weighted by atomic mass is 10.2. The number of nitrogens with zero attached hydrogens (tertiary/aromatic N) is 1. The molecule has 8 heteroatoms. The third kappa shape index (κ3) is 3.58. The van der Waals surface area contributed by atoms with Crippen LogP contribution in [0.4, 0.5) is 15.8 Å². The van der Waals surface area contributed by atoms with Crippen molar-refractivity contribution in [2.45, 2.75) is 17.7 Å². The first kappa shape index (κ1) is 17.2. The lowest BCUT2D eigenvalue weighted by molar-refractivity contribution is 0.112. The van der Waals surface area contributed by atoms with Crippen molar-refractivity contribution in [3.05, 3.63) is 47.8 Å². The molecule has 0 bridgehead atoms. The van der Waals surface area contributed by atoms with Crippen molar-refractivity contribution >= 4 is 27.7 Å². The van der Waals surface area contributed by atoms with Gasteiger partial charge in [-0.15, -0.1) is 0 Å². The largest absolute Gasteiger partial charge is 0.504 e. The van der Waals surface area contributed by atoms with Crippen LogP contribution >= 0.6 is 0 Å². The number of phenolic OH excluding ortho intramolecular Hbond substituents is 1. The lowest BCUT2D eigenvalue weighted by Gasteiger charge is -2.18. The van der Waals surface area contributed by atoms with Crippen molar-refractivity contribution in [2.24, 2.45) is 0 Å². The van der Waals surface area contributed by atoms with Gasteiger partial charge in [0.15, 0.2) is 17.9 Å². The first-order chi connectivity index (χ1) is 11.9. The number of rotatable bonds is 5. The van der Waals surface area contributed by atoms with Crippen molar-refractivity contribution in [1.82, 2.24) is 0 Å². The number of aldehydes is 1. The molecule has 3 rings (SSSR count). The molecule has 1 fully saturated rings. The van der Waals surface area contributed by atoms with Gasteiger partial charge >= 0.3 is 0 Å². The molecule has 0 aliphatic carbocycles. The average molecular weight is 364 g/mol. The van der Waals surface area contributed by atoms with Gasteiger partial charge in [0.25, 0.3) is 10.0 Å². The Bertz CT molecular complexity index is 892. The Balaban J connectivity index is 1.84. The number of carbonyl (C=O) groups excluding carboxylic acids is 1. The van der Waals surface area contributed by atoms with E-state index in [0.29, 0.717) is 0 Å². The van der Waals surface area contributed by atoms with E-state index in [1.54, 1.807) is 12.1 Å². The van der Waals surface area contributed by atoms with Crippen molar-refractivity contribution < 1.29 is 22.7 Å². The number of phenols is 1. The molecular weight excluding hydrogens is 347 g/mol. The Labute approximate surface area is 144 Å². The summed E-state index contributed by atoms with van der Waals surface area (Å²) in [7, 11) is -3.94. The van der Waals surface area contributed by atoms with Crippen LogP contribution in [0.5, 0.6) is 5.75 Å². The summed E-state index contributed by atoms with van der Waals surface area (Å²) in [6.45, 7) is 1.90. The number of hydrogen-bond donors (Lipinski definition) is 2. The summed E-state index contributed by atoms with van der Waals surface area (Å²) in [6, 6.07) is 8.31. The molecule has 0 aromatic heterocycles. The Kier molecular flexibility index (Phi) is 4.63. The fraction of sp³-hybridized carbons (Fsp3) is 0.235. The quantitative estimate of drug-likeness (QED) is 0.629. The van der Waals surface area contributed by atoms with Gasteiger partial charge in [-0.1, -0.05) is 0 Å². The smallest absolute Gasteiger partial charge is 0.261 e. The van der Waals surface area contributed by atoms with E-state index in [9.17, 15) is 22.7 Å². The molecule has 1 saturated heterocycles. The Hall–Kier alpha value is -2.61. The van der Waals surface area contributed by atoms with Gasteiger partial charge in [-0.2, -0.15) is 0 Å². The van der Waals surface area contributed by atoms with Crippen LogP contribution in [0.25, 0.3) is 0 Å². The molecule has 2 aromatic carbocycles. The van der Waals surface area contributed by atoms with Gasteiger partial charge in [0, 0.05) is 24.8 Å². The maximum absolute atomic E-state index is 13.6. The summed E-state index contributed by atoms with van der Waals surface area (Å²) >= 11 is 0. The van der Waals surface area contributed by atoms with Gasteiger partial charge in [-0.25, -0.2) is 12.8 Å². The third-order valence-corrected chi connectivity index (χ3v) is 5.49. The van der Waals surface area contributed by atoms with E-state index < -0.39 is 21.6 Å². The zero-order valence-electron chi connectivity index (χ0n) is 13.3. The summed E-state index contributed by atoms with van der Waals surface area (Å²) in [4.78, 5) is 13.0. The maximum Gasteiger partial charge on any atom is 0.261 e. The van der Waals surface area contributed by atoms with E-state index in [2.05, 4.69) is 9.62 Å². The second-order valence-corrected chi connectivity index (χ2v) is 7.49. The summed E-state index contributed by atoms with van der Waals surface area (Å²) in [5.41, 5.74) is 0.485. The van der Waals surface area contributed by atoms with Crippen molar-refractivity contribution in [3.63, 3.8) is 0 Å². The monoisotopic (exact) mass is 364 g/mol. The fourth-order valence-corrected chi connectivity index (χ4v) is 3.83. The van der Waals surface area contributed by atoms with Crippen LogP contribution < -0.4 is 9.62 Å². The van der Waals surface area contributed by atoms with Crippen LogP contribution in [0.15, 0.2) is 41.3 Å². The fourth-order valence-electron chi connectivity index (χ4n) is 2.79. The van der Waals surface area contributed by atoms with E-state index in [0.717, 1.165) is 43.8 Å². The van der Waals surface area contributed by atoms with Gasteiger partial charge in [0.05, 0.1) is 16.1 Å². The van der Waals surface area contributed by atoms with E-state index in [4.69, 9.17) is 0 Å². The van der Waals surface area contributed by atoms with Gasteiger partial charge < -0.3 is 10.0 Å². The highest BCUT2D eigenvalue weighted by Gasteiger charge is 2.18. The van der Waals surface area contributed by atoms with E-state index >= 15 is 0 Å². The molecule has 1 aliphatic rings. The van der Waals surface area contributed by atoms with E-state index in [1.807, 2.05) is 0 Å². The highest BCUT2D eigenvalue weighted by Crippen LogP contribution is 2.27. The Morgan fingerprint density at radius 1 is 1.12 bits per heavy atom. The van der Waals surface area contributed by atoms with Gasteiger partial charge in [0.2, 0.25) is 0 Å². The summed E-state index contributed by atoms with van der Waals surface area (Å²) < 4.78 is 40.7. The highest BCUT2D eigenvalue weighted by atomic mass is 32.2. The number of sulfonamides is 1. The van der Waals surface area contributed by atoms with Gasteiger partial charge in [-0.3, -0.25) is 9.52 Å². The number of carbonyl (C=O) groups is 1. The molecule has 0 atom stereocenters. The average Bonchev–Trinajstić information content (AvgIpc) is 3.12. The topological polar surface area (TPSA) is 86.7 Å². The zero-order valence-corrected chi connectivity index (χ0v) is 14.1. The second kappa shape index (κ2) is 6.72. The van der Waals surface area contributed by atoms with Crippen LogP contribution in [-0.2, 0) is 10.0 Å². The molecule has 0 amide bonds. The van der Waals surface area contributed by atoms with Crippen LogP contribution in [0.2, 0.25) is 0 Å². The standard InChI is InChI=1S/C17H17FN2O4S/c18-16-10-13(9-12(11-21)17(16)22)19-25(23,24)15-5-3-14(4-6-15)20-7-1-2-8-20/h3-6,9-11,19,22H,1-2,7-8H2. The first-order valence-electron chi connectivity index (χ1n) is 7.76. The molecule has 0 radical (unpaired) electrons. The van der Waals surface area contributed by atoms with Crippen molar-refractivity contribution in [1.29, 1.82) is 0 Å². The van der Waals surface area contributed by atoms with Crippen LogP contribution in [0.3, 0.4) is 0 Å². The van der Waals surface area contributed by atoms with Crippen molar-refractivity contribution in [3.8, 4) is 5.75 Å². The minimum atomic E-state index is -3.94. The predicted molar refractivity (Wildman–Crippen MR) is 92.1 cm³/mol. The second-order valence-electron chi connectivity index (χ2n) is 5.81. The summed E-state index contributed by atoms with van der Waals surface area (Å²) in [6.07, 6.45) is 2.49. The van der Waals surface area contributed by atoms with Crippen LogP contribution in [-0.4, -0.2) is 32.9 Å². The normalized spacial score (nSPS) is 14.5. The minimum Gasteiger partial charge on any atom is -0.504 e. The molecule has 1 heterocycles. The first-order valence-corrected chi connectivity index (χ1v) is 9.24. The number of halogens is 1. The summed E-state index contributed by atoms with van der Waals surface area (Å²) in [5, 5.41) is 9.38. The summed E-state index contributed by atoms with van der Waals surface area (Å²) in [5.74, 6) is -1.89. The maximum atomic E-state index is 13.6. The lowest BCUT2D eigenvalue weighted by Crippen LogP contribution is -2.18. The van der Waals surface area contributed by atoms with E-state index in [-0.39, 0.29) is 22.4 Å². The molecule has 6 nitrogen and oxygen atoms in total. The van der Waals surface area contributed by atoms with Crippen molar-refractivity contribution in [2.75, 3.05) is 22.7 Å². The van der Waals surface area contributed by atoms with Gasteiger partial charge in [0.1, 0.15) is 0 Å². The molecule has 0 unspecified atom stereocenters. The predicted octanol–water partition coefficient (Wildman–Crippen LogP) is 2.74. The molecular formula is C17H17FN2O4S. The molecule has 0 saturated carbocycles. The van der Waals surface area contributed by atoms with Crippen LogP contribution in [0.1, 0.15) is 23.2 Å². The van der Waals surface area contributed by atoms with Crippen LogP contribution in [0, 0.1) is 5.82 Å². The highest BCUT2D eigenvalue weighted by molar-refractivity contribution is 7.92. The Morgan fingerprint density at radius 2 is 1.76 bits per heavy atom. The zero-order chi connectivity index (χ0) is 18.0. The van der Waals surface area contributed by atoms with Gasteiger partial charge in [-0.05, 0) is 43.2 Å². The number of aromatic hydroxyl groups is 1. The molecule has 132 valence electrons. The number of hydrogen-bond acceptors (Lipinski definition) is 5. The third-order valence-electron chi connectivity index (χ3n) is 4.09. The number of anilines is 2. The minimum absolute atomic E-state index is 0.0246. The van der Waals surface area contributed by atoms with E-state index in [1.165, 1.54) is 12.1 Å². The molecule has 2 N–H and O–H groups in total. The molecule has 2 aromatic rings. The molecule has 1 aliphatic heterocycles. The Morgan fingerprint density at radius 3 is 2.36 bits per heavy atom. The number of nitrogens with one attached hydrogen (secondary N) is 1.